The number of nitrogens with one attached hydrogen (secondary N) is 1. The van der Waals surface area contributed by atoms with Crippen molar-refractivity contribution < 1.29 is 9.18 Å². The van der Waals surface area contributed by atoms with Crippen LogP contribution in [0.4, 0.5) is 4.39 Å². The number of carbonyl (C=O) groups excluding carboxylic acids is 1. The molecule has 5 nitrogen and oxygen atoms in total. The van der Waals surface area contributed by atoms with Crippen LogP contribution in [0, 0.1) is 12.7 Å². The lowest BCUT2D eigenvalue weighted by atomic mass is 10.1. The molecule has 0 saturated carbocycles. The number of halogens is 1. The number of hydrogen-bond acceptors (Lipinski definition) is 3. The van der Waals surface area contributed by atoms with Gasteiger partial charge in [0.1, 0.15) is 18.2 Å². The number of nitrogens with zero attached hydrogens (tertiary/aromatic N) is 2. The molecule has 1 aliphatic rings. The van der Waals surface area contributed by atoms with E-state index in [-0.39, 0.29) is 29.9 Å². The minimum absolute atomic E-state index is 0.0490. The quantitative estimate of drug-likeness (QED) is 0.760. The van der Waals surface area contributed by atoms with Gasteiger partial charge in [-0.15, -0.1) is 0 Å². The van der Waals surface area contributed by atoms with Crippen molar-refractivity contribution in [2.75, 3.05) is 0 Å². The predicted molar refractivity (Wildman–Crippen MR) is 104 cm³/mol. The topological polar surface area (TPSA) is 64.0 Å². The molecule has 6 heteroatoms. The first-order chi connectivity index (χ1) is 13.5. The third-order valence-corrected chi connectivity index (χ3v) is 5.01. The molecule has 1 atom stereocenters. The van der Waals surface area contributed by atoms with Crippen LogP contribution < -0.4 is 10.9 Å². The van der Waals surface area contributed by atoms with E-state index in [0.29, 0.717) is 17.1 Å². The van der Waals surface area contributed by atoms with Crippen LogP contribution in [0.3, 0.4) is 0 Å². The fourth-order valence-corrected chi connectivity index (χ4v) is 3.68. The average molecular weight is 377 g/mol. The molecule has 2 aromatic carbocycles. The summed E-state index contributed by atoms with van der Waals surface area (Å²) in [6.45, 7) is 1.58. The Balaban J connectivity index is 1.60. The number of carbonyl (C=O) groups is 1. The fourth-order valence-electron chi connectivity index (χ4n) is 3.68. The lowest BCUT2D eigenvalue weighted by Gasteiger charge is -2.17. The van der Waals surface area contributed by atoms with Crippen molar-refractivity contribution in [3.63, 3.8) is 0 Å². The first-order valence-corrected chi connectivity index (χ1v) is 9.23. The minimum Gasteiger partial charge on any atom is -0.348 e. The second-order valence-corrected chi connectivity index (χ2v) is 7.01. The highest BCUT2D eigenvalue weighted by molar-refractivity contribution is 5.77. The normalized spacial score (nSPS) is 15.3. The second kappa shape index (κ2) is 7.38. The van der Waals surface area contributed by atoms with Gasteiger partial charge in [0.2, 0.25) is 5.91 Å². The molecule has 0 aliphatic heterocycles. The number of aromatic nitrogens is 2. The Hall–Kier alpha value is -3.28. The molecule has 4 rings (SSSR count). The summed E-state index contributed by atoms with van der Waals surface area (Å²) in [6, 6.07) is 15.1. The lowest BCUT2D eigenvalue weighted by molar-refractivity contribution is -0.122. The van der Waals surface area contributed by atoms with Crippen LogP contribution in [0.1, 0.15) is 29.3 Å². The Morgan fingerprint density at radius 1 is 1.21 bits per heavy atom. The molecule has 0 fully saturated rings. The van der Waals surface area contributed by atoms with Crippen LogP contribution in [-0.2, 0) is 17.8 Å². The summed E-state index contributed by atoms with van der Waals surface area (Å²) in [6.07, 6.45) is 1.77. The van der Waals surface area contributed by atoms with Crippen LogP contribution in [-0.4, -0.2) is 15.5 Å². The highest BCUT2D eigenvalue weighted by atomic mass is 19.1. The Morgan fingerprint density at radius 2 is 1.96 bits per heavy atom. The fraction of sp³-hybridized carbons (Fsp3) is 0.227. The minimum atomic E-state index is -0.372. The van der Waals surface area contributed by atoms with E-state index in [0.717, 1.165) is 18.4 Å². The molecular formula is C22H20FN3O2. The molecule has 28 heavy (non-hydrogen) atoms. The largest absolute Gasteiger partial charge is 0.348 e. The van der Waals surface area contributed by atoms with Crippen molar-refractivity contribution >= 4 is 5.91 Å². The van der Waals surface area contributed by atoms with Crippen LogP contribution in [0.5, 0.6) is 0 Å². The summed E-state index contributed by atoms with van der Waals surface area (Å²) in [5.41, 5.74) is 3.19. The summed E-state index contributed by atoms with van der Waals surface area (Å²) in [4.78, 5) is 29.7. The second-order valence-electron chi connectivity index (χ2n) is 7.01. The highest BCUT2D eigenvalue weighted by Crippen LogP contribution is 2.30. The third kappa shape index (κ3) is 3.58. The number of benzene rings is 2. The molecule has 1 amide bonds. The Bertz CT molecular complexity index is 1090. The van der Waals surface area contributed by atoms with Gasteiger partial charge < -0.3 is 5.32 Å². The summed E-state index contributed by atoms with van der Waals surface area (Å²) in [7, 11) is 0. The molecule has 1 aromatic heterocycles. The van der Waals surface area contributed by atoms with Crippen molar-refractivity contribution in [1.29, 1.82) is 0 Å². The Morgan fingerprint density at radius 3 is 2.75 bits per heavy atom. The first kappa shape index (κ1) is 18.1. The van der Waals surface area contributed by atoms with Gasteiger partial charge in [0.15, 0.2) is 0 Å². The Kier molecular flexibility index (Phi) is 4.77. The molecule has 0 saturated heterocycles. The van der Waals surface area contributed by atoms with Gasteiger partial charge in [-0.1, -0.05) is 24.3 Å². The summed E-state index contributed by atoms with van der Waals surface area (Å²) < 4.78 is 14.6. The van der Waals surface area contributed by atoms with Gasteiger partial charge in [-0.2, -0.15) is 0 Å². The highest BCUT2D eigenvalue weighted by Gasteiger charge is 2.24. The average Bonchev–Trinajstić information content (AvgIpc) is 3.07. The number of amides is 1. The number of aryl methyl sites for hydroxylation is 2. The molecule has 0 bridgehead atoms. The molecule has 0 radical (unpaired) electrons. The van der Waals surface area contributed by atoms with Crippen LogP contribution >= 0.6 is 0 Å². The van der Waals surface area contributed by atoms with E-state index in [2.05, 4.69) is 16.4 Å². The summed E-state index contributed by atoms with van der Waals surface area (Å²) >= 11 is 0. The standard InChI is InChI=1S/C22H20FN3O2/c1-14-12-21(28)26(22(24-14)16-6-9-17(23)10-7-16)13-20(27)25-19-11-8-15-4-2-3-5-18(15)19/h2-7,9-10,12,19H,8,11,13H2,1H3,(H,25,27)/t19-/m0/s1. The smallest absolute Gasteiger partial charge is 0.254 e. The maximum Gasteiger partial charge on any atom is 0.254 e. The van der Waals surface area contributed by atoms with E-state index in [9.17, 15) is 14.0 Å². The van der Waals surface area contributed by atoms with E-state index < -0.39 is 0 Å². The van der Waals surface area contributed by atoms with Crippen molar-refractivity contribution in [2.24, 2.45) is 0 Å². The molecule has 0 unspecified atom stereocenters. The van der Waals surface area contributed by atoms with E-state index in [1.165, 1.54) is 28.3 Å². The van der Waals surface area contributed by atoms with Gasteiger partial charge in [-0.3, -0.25) is 14.2 Å². The maximum atomic E-state index is 13.3. The van der Waals surface area contributed by atoms with Crippen molar-refractivity contribution in [1.82, 2.24) is 14.9 Å². The summed E-state index contributed by atoms with van der Waals surface area (Å²) in [5, 5.41) is 3.03. The van der Waals surface area contributed by atoms with Gasteiger partial charge in [-0.25, -0.2) is 9.37 Å². The summed E-state index contributed by atoms with van der Waals surface area (Å²) in [5.74, 6) is -0.271. The van der Waals surface area contributed by atoms with Crippen molar-refractivity contribution in [3.05, 3.63) is 87.6 Å². The SMILES string of the molecule is Cc1cc(=O)n(CC(=O)N[C@H]2CCc3ccccc32)c(-c2ccc(F)cc2)n1. The van der Waals surface area contributed by atoms with Crippen LogP contribution in [0.25, 0.3) is 11.4 Å². The van der Waals surface area contributed by atoms with Crippen molar-refractivity contribution in [2.45, 2.75) is 32.4 Å². The molecule has 142 valence electrons. The van der Waals surface area contributed by atoms with Crippen LogP contribution in [0.15, 0.2) is 59.4 Å². The third-order valence-electron chi connectivity index (χ3n) is 5.01. The van der Waals surface area contributed by atoms with Crippen LogP contribution in [0.2, 0.25) is 0 Å². The van der Waals surface area contributed by atoms with E-state index in [1.807, 2.05) is 18.2 Å². The van der Waals surface area contributed by atoms with Gasteiger partial charge >= 0.3 is 0 Å². The lowest BCUT2D eigenvalue weighted by Crippen LogP contribution is -2.35. The maximum absolute atomic E-state index is 13.3. The first-order valence-electron chi connectivity index (χ1n) is 9.23. The monoisotopic (exact) mass is 377 g/mol. The molecule has 1 aliphatic carbocycles. The number of fused-ring (bicyclic) bond motifs is 1. The molecule has 0 spiro atoms. The number of hydrogen-bond donors (Lipinski definition) is 1. The molecule has 1 heterocycles. The predicted octanol–water partition coefficient (Wildman–Crippen LogP) is 3.16. The van der Waals surface area contributed by atoms with E-state index in [1.54, 1.807) is 19.1 Å². The molecular weight excluding hydrogens is 357 g/mol. The van der Waals surface area contributed by atoms with Gasteiger partial charge in [0.25, 0.3) is 5.56 Å². The molecule has 3 aromatic rings. The zero-order chi connectivity index (χ0) is 19.7. The zero-order valence-corrected chi connectivity index (χ0v) is 15.5. The van der Waals surface area contributed by atoms with E-state index in [4.69, 9.17) is 0 Å². The van der Waals surface area contributed by atoms with E-state index >= 15 is 0 Å². The molecule has 1 N–H and O–H groups in total. The van der Waals surface area contributed by atoms with Gasteiger partial charge in [0, 0.05) is 17.3 Å². The number of rotatable bonds is 4. The van der Waals surface area contributed by atoms with Crippen molar-refractivity contribution in [3.8, 4) is 11.4 Å². The Labute approximate surface area is 161 Å². The van der Waals surface area contributed by atoms with Gasteiger partial charge in [0.05, 0.1) is 6.04 Å². The zero-order valence-electron chi connectivity index (χ0n) is 15.5. The van der Waals surface area contributed by atoms with Gasteiger partial charge in [-0.05, 0) is 55.2 Å².